The van der Waals surface area contributed by atoms with Gasteiger partial charge in [0.15, 0.2) is 0 Å². The minimum Gasteiger partial charge on any atom is -0.282 e. The van der Waals surface area contributed by atoms with E-state index < -0.39 is 0 Å². The molecule has 2 atom stereocenters. The predicted octanol–water partition coefficient (Wildman–Crippen LogP) is 4.19. The van der Waals surface area contributed by atoms with Crippen LogP contribution in [-0.2, 0) is 0 Å². The third-order valence-electron chi connectivity index (χ3n) is 4.29. The Labute approximate surface area is 116 Å². The van der Waals surface area contributed by atoms with Crippen LogP contribution in [0.3, 0.4) is 0 Å². The molecular weight excluding hydrogens is 240 g/mol. The van der Waals surface area contributed by atoms with Gasteiger partial charge < -0.3 is 0 Å². The molecule has 1 N–H and O–H groups in total. The molecular formula is C15H26N2S. The van der Waals surface area contributed by atoms with Crippen LogP contribution >= 0.6 is 11.8 Å². The van der Waals surface area contributed by atoms with Crippen molar-refractivity contribution < 1.29 is 0 Å². The van der Waals surface area contributed by atoms with Gasteiger partial charge in [0.1, 0.15) is 0 Å². The summed E-state index contributed by atoms with van der Waals surface area (Å²) in [7, 11) is 0. The first kappa shape index (κ1) is 14.0. The predicted molar refractivity (Wildman–Crippen MR) is 82.0 cm³/mol. The van der Waals surface area contributed by atoms with Crippen molar-refractivity contribution in [3.8, 4) is 0 Å². The molecule has 1 heterocycles. The van der Waals surface area contributed by atoms with Gasteiger partial charge in [0.05, 0.1) is 0 Å². The van der Waals surface area contributed by atoms with Crippen LogP contribution in [0.15, 0.2) is 16.4 Å². The number of rotatable bonds is 2. The van der Waals surface area contributed by atoms with Crippen LogP contribution in [0.1, 0.15) is 52.9 Å². The fourth-order valence-electron chi connectivity index (χ4n) is 3.18. The van der Waals surface area contributed by atoms with Crippen LogP contribution in [0, 0.1) is 11.8 Å². The summed E-state index contributed by atoms with van der Waals surface area (Å²) in [6, 6.07) is 0. The SMILES string of the molecule is CSC1CCCC2C(C)=NNC(C(C)C)=C2CC1. The topological polar surface area (TPSA) is 24.4 Å². The van der Waals surface area contributed by atoms with Crippen molar-refractivity contribution in [3.05, 3.63) is 11.3 Å². The van der Waals surface area contributed by atoms with Gasteiger partial charge in [-0.1, -0.05) is 20.3 Å². The van der Waals surface area contributed by atoms with Crippen molar-refractivity contribution in [2.75, 3.05) is 6.26 Å². The molecule has 2 rings (SSSR count). The standard InChI is InChI=1S/C15H26N2S/c1-10(2)15-14-9-8-12(18-4)6-5-7-13(14)11(3)16-17-15/h10,12-13,17H,5-9H2,1-4H3. The summed E-state index contributed by atoms with van der Waals surface area (Å²) in [5.41, 5.74) is 7.64. The minimum atomic E-state index is 0.562. The number of hydrogen-bond acceptors (Lipinski definition) is 3. The maximum Gasteiger partial charge on any atom is 0.0423 e. The highest BCUT2D eigenvalue weighted by molar-refractivity contribution is 7.99. The number of hydrogen-bond donors (Lipinski definition) is 1. The summed E-state index contributed by atoms with van der Waals surface area (Å²) in [5, 5.41) is 5.38. The quantitative estimate of drug-likeness (QED) is 0.810. The molecule has 0 aromatic rings. The first-order valence-electron chi connectivity index (χ1n) is 7.19. The lowest BCUT2D eigenvalue weighted by Crippen LogP contribution is -2.30. The lowest BCUT2D eigenvalue weighted by atomic mass is 9.80. The Morgan fingerprint density at radius 1 is 1.28 bits per heavy atom. The molecule has 2 nitrogen and oxygen atoms in total. The Balaban J connectivity index is 2.23. The van der Waals surface area contributed by atoms with Crippen molar-refractivity contribution in [2.24, 2.45) is 16.9 Å². The van der Waals surface area contributed by atoms with Gasteiger partial charge in [-0.05, 0) is 50.4 Å². The summed E-state index contributed by atoms with van der Waals surface area (Å²) in [6.45, 7) is 6.73. The molecule has 102 valence electrons. The smallest absolute Gasteiger partial charge is 0.0423 e. The van der Waals surface area contributed by atoms with Crippen molar-refractivity contribution in [1.29, 1.82) is 0 Å². The second-order valence-electron chi connectivity index (χ2n) is 5.84. The Morgan fingerprint density at radius 3 is 2.72 bits per heavy atom. The minimum absolute atomic E-state index is 0.562. The van der Waals surface area contributed by atoms with Crippen LogP contribution in [0.4, 0.5) is 0 Å². The fourth-order valence-corrected chi connectivity index (χ4v) is 3.93. The van der Waals surface area contributed by atoms with Gasteiger partial charge in [-0.25, -0.2) is 0 Å². The van der Waals surface area contributed by atoms with E-state index in [1.807, 2.05) is 11.8 Å². The van der Waals surface area contributed by atoms with Gasteiger partial charge in [-0.15, -0.1) is 0 Å². The molecule has 2 unspecified atom stereocenters. The zero-order chi connectivity index (χ0) is 13.1. The normalized spacial score (nSPS) is 29.3. The molecule has 18 heavy (non-hydrogen) atoms. The van der Waals surface area contributed by atoms with Crippen LogP contribution < -0.4 is 5.43 Å². The summed E-state index contributed by atoms with van der Waals surface area (Å²) in [4.78, 5) is 0. The maximum atomic E-state index is 4.53. The second-order valence-corrected chi connectivity index (χ2v) is 6.98. The first-order valence-corrected chi connectivity index (χ1v) is 8.48. The lowest BCUT2D eigenvalue weighted by molar-refractivity contribution is 0.500. The summed E-state index contributed by atoms with van der Waals surface area (Å²) >= 11 is 2.04. The molecule has 0 aromatic carbocycles. The number of thioether (sulfide) groups is 1. The zero-order valence-corrected chi connectivity index (χ0v) is 12.9. The van der Waals surface area contributed by atoms with Crippen LogP contribution in [0.2, 0.25) is 0 Å². The summed E-state index contributed by atoms with van der Waals surface area (Å²) < 4.78 is 0. The highest BCUT2D eigenvalue weighted by atomic mass is 32.2. The monoisotopic (exact) mass is 266 g/mol. The summed E-state index contributed by atoms with van der Waals surface area (Å²) in [6.07, 6.45) is 8.86. The van der Waals surface area contributed by atoms with Crippen LogP contribution in [0.25, 0.3) is 0 Å². The van der Waals surface area contributed by atoms with Gasteiger partial charge in [0.2, 0.25) is 0 Å². The molecule has 0 amide bonds. The third-order valence-corrected chi connectivity index (χ3v) is 5.43. The molecule has 1 aliphatic heterocycles. The number of fused-ring (bicyclic) bond motifs is 1. The van der Waals surface area contributed by atoms with Crippen LogP contribution in [0.5, 0.6) is 0 Å². The van der Waals surface area contributed by atoms with Gasteiger partial charge >= 0.3 is 0 Å². The Bertz CT molecular complexity index is 358. The molecule has 0 aromatic heterocycles. The first-order chi connectivity index (χ1) is 8.63. The van der Waals surface area contributed by atoms with Crippen molar-refractivity contribution in [3.63, 3.8) is 0 Å². The van der Waals surface area contributed by atoms with Gasteiger partial charge in [-0.3, -0.25) is 5.43 Å². The van der Waals surface area contributed by atoms with E-state index in [9.17, 15) is 0 Å². The molecule has 0 bridgehead atoms. The van der Waals surface area contributed by atoms with Crippen molar-refractivity contribution in [1.82, 2.24) is 5.43 Å². The number of hydrazone groups is 1. The fraction of sp³-hybridized carbons (Fsp3) is 0.800. The molecule has 1 aliphatic carbocycles. The molecule has 0 radical (unpaired) electrons. The molecule has 2 aliphatic rings. The Kier molecular flexibility index (Phi) is 4.77. The molecule has 1 fully saturated rings. The average Bonchev–Trinajstić information content (AvgIpc) is 2.31. The van der Waals surface area contributed by atoms with Gasteiger partial charge in [0, 0.05) is 22.6 Å². The van der Waals surface area contributed by atoms with E-state index in [0.29, 0.717) is 11.8 Å². The van der Waals surface area contributed by atoms with E-state index in [1.54, 1.807) is 5.57 Å². The molecule has 0 saturated heterocycles. The second kappa shape index (κ2) is 6.14. The Morgan fingerprint density at radius 2 is 2.06 bits per heavy atom. The Hall–Kier alpha value is -0.440. The largest absolute Gasteiger partial charge is 0.282 e. The molecule has 0 spiro atoms. The molecule has 3 heteroatoms. The van der Waals surface area contributed by atoms with Crippen molar-refractivity contribution >= 4 is 17.5 Å². The number of nitrogens with one attached hydrogen (secondary N) is 1. The third kappa shape index (κ3) is 2.93. The van der Waals surface area contributed by atoms with E-state index in [-0.39, 0.29) is 0 Å². The lowest BCUT2D eigenvalue weighted by Gasteiger charge is -2.32. The molecule has 1 saturated carbocycles. The maximum absolute atomic E-state index is 4.53. The van der Waals surface area contributed by atoms with E-state index in [1.165, 1.54) is 43.5 Å². The number of allylic oxidation sites excluding steroid dienone is 2. The van der Waals surface area contributed by atoms with E-state index in [0.717, 1.165) is 5.25 Å². The highest BCUT2D eigenvalue weighted by Crippen LogP contribution is 2.36. The highest BCUT2D eigenvalue weighted by Gasteiger charge is 2.28. The van der Waals surface area contributed by atoms with E-state index in [2.05, 4.69) is 37.6 Å². The zero-order valence-electron chi connectivity index (χ0n) is 12.1. The van der Waals surface area contributed by atoms with Gasteiger partial charge in [0.25, 0.3) is 0 Å². The van der Waals surface area contributed by atoms with Crippen molar-refractivity contribution in [2.45, 2.75) is 58.1 Å². The average molecular weight is 266 g/mol. The van der Waals surface area contributed by atoms with Crippen LogP contribution in [-0.4, -0.2) is 17.2 Å². The van der Waals surface area contributed by atoms with Gasteiger partial charge in [-0.2, -0.15) is 16.9 Å². The number of nitrogens with zero attached hydrogens (tertiary/aromatic N) is 1. The summed E-state index contributed by atoms with van der Waals surface area (Å²) in [5.74, 6) is 1.18. The van der Waals surface area contributed by atoms with E-state index >= 15 is 0 Å². The van der Waals surface area contributed by atoms with E-state index in [4.69, 9.17) is 0 Å².